The molecule has 1 aromatic carbocycles. The first-order chi connectivity index (χ1) is 9.76. The summed E-state index contributed by atoms with van der Waals surface area (Å²) in [6, 6.07) is 10.9. The van der Waals surface area contributed by atoms with Crippen LogP contribution in [0.5, 0.6) is 0 Å². The molecule has 0 spiro atoms. The van der Waals surface area contributed by atoms with Gasteiger partial charge in [0.15, 0.2) is 0 Å². The largest absolute Gasteiger partial charge is 0.303 e. The Balaban J connectivity index is 1.54. The minimum Gasteiger partial charge on any atom is -0.303 e. The molecule has 106 valence electrons. The minimum absolute atomic E-state index is 0.0519. The lowest BCUT2D eigenvalue weighted by atomic mass is 9.96. The Hall–Kier alpha value is -1.33. The van der Waals surface area contributed by atoms with Crippen LogP contribution in [-0.2, 0) is 0 Å². The van der Waals surface area contributed by atoms with Gasteiger partial charge in [0, 0.05) is 13.1 Å². The smallest absolute Gasteiger partial charge is 0.0724 e. The molecule has 3 unspecified atom stereocenters. The van der Waals surface area contributed by atoms with Gasteiger partial charge in [-0.1, -0.05) is 36.2 Å². The van der Waals surface area contributed by atoms with E-state index >= 15 is 0 Å². The summed E-state index contributed by atoms with van der Waals surface area (Å²) in [5, 5.41) is 9.42. The number of hydrogen-bond acceptors (Lipinski definition) is 2. The van der Waals surface area contributed by atoms with Crippen LogP contribution in [0.4, 0.5) is 0 Å². The molecular formula is C18H24N2. The van der Waals surface area contributed by atoms with Crippen molar-refractivity contribution < 1.29 is 0 Å². The van der Waals surface area contributed by atoms with Crippen molar-refractivity contribution in [2.75, 3.05) is 19.6 Å². The predicted molar refractivity (Wildman–Crippen MR) is 81.4 cm³/mol. The molecule has 0 radical (unpaired) electrons. The summed E-state index contributed by atoms with van der Waals surface area (Å²) in [5.74, 6) is 1.96. The molecule has 2 fully saturated rings. The zero-order valence-corrected chi connectivity index (χ0v) is 12.4. The van der Waals surface area contributed by atoms with Crippen LogP contribution in [0.25, 0.3) is 0 Å². The fraction of sp³-hybridized carbons (Fsp3) is 0.611. The Morgan fingerprint density at radius 1 is 1.20 bits per heavy atom. The quantitative estimate of drug-likeness (QED) is 0.832. The Bertz CT molecular complexity index is 473. The maximum absolute atomic E-state index is 9.42. The molecule has 2 nitrogen and oxygen atoms in total. The van der Waals surface area contributed by atoms with Gasteiger partial charge in [-0.05, 0) is 50.1 Å². The average molecular weight is 268 g/mol. The van der Waals surface area contributed by atoms with Crippen LogP contribution < -0.4 is 0 Å². The van der Waals surface area contributed by atoms with Crippen LogP contribution in [0.2, 0.25) is 0 Å². The molecule has 3 rings (SSSR count). The third kappa shape index (κ3) is 2.88. The van der Waals surface area contributed by atoms with Crippen molar-refractivity contribution in [2.45, 2.75) is 38.5 Å². The molecule has 0 amide bonds. The lowest BCUT2D eigenvalue weighted by molar-refractivity contribution is 0.303. The van der Waals surface area contributed by atoms with Gasteiger partial charge in [-0.15, -0.1) is 0 Å². The second-order valence-electron chi connectivity index (χ2n) is 6.59. The standard InChI is InChI=1S/C18H24N2/c1-14-5-7-15(8-6-14)16(11-19)9-10-20-12-17-3-2-4-18(17)13-20/h5-8,16-18H,2-4,9-10,12-13H2,1H3. The van der Waals surface area contributed by atoms with Gasteiger partial charge in [-0.2, -0.15) is 5.26 Å². The summed E-state index contributed by atoms with van der Waals surface area (Å²) >= 11 is 0. The van der Waals surface area contributed by atoms with Crippen molar-refractivity contribution in [3.05, 3.63) is 35.4 Å². The van der Waals surface area contributed by atoms with Crippen LogP contribution in [0, 0.1) is 30.1 Å². The van der Waals surface area contributed by atoms with Gasteiger partial charge in [-0.25, -0.2) is 0 Å². The van der Waals surface area contributed by atoms with Crippen LogP contribution in [0.1, 0.15) is 42.7 Å². The highest BCUT2D eigenvalue weighted by Gasteiger charge is 2.35. The molecule has 0 aromatic heterocycles. The molecule has 0 N–H and O–H groups in total. The highest BCUT2D eigenvalue weighted by molar-refractivity contribution is 5.28. The van der Waals surface area contributed by atoms with Gasteiger partial charge in [-0.3, -0.25) is 0 Å². The van der Waals surface area contributed by atoms with E-state index < -0.39 is 0 Å². The molecule has 1 saturated carbocycles. The summed E-state index contributed by atoms with van der Waals surface area (Å²) in [7, 11) is 0. The number of nitrogens with zero attached hydrogens (tertiary/aromatic N) is 2. The number of rotatable bonds is 4. The molecule has 1 aliphatic heterocycles. The van der Waals surface area contributed by atoms with Gasteiger partial charge in [0.2, 0.25) is 0 Å². The van der Waals surface area contributed by atoms with Crippen molar-refractivity contribution in [1.82, 2.24) is 4.90 Å². The summed E-state index contributed by atoms with van der Waals surface area (Å²) in [4.78, 5) is 2.59. The molecule has 3 atom stereocenters. The van der Waals surface area contributed by atoms with Gasteiger partial charge < -0.3 is 4.90 Å². The molecule has 20 heavy (non-hydrogen) atoms. The van der Waals surface area contributed by atoms with E-state index in [1.807, 2.05) is 0 Å². The van der Waals surface area contributed by atoms with Gasteiger partial charge in [0.25, 0.3) is 0 Å². The molecule has 1 aliphatic carbocycles. The van der Waals surface area contributed by atoms with E-state index in [4.69, 9.17) is 0 Å². The van der Waals surface area contributed by atoms with E-state index in [0.29, 0.717) is 0 Å². The average Bonchev–Trinajstić information content (AvgIpc) is 3.02. The van der Waals surface area contributed by atoms with Crippen molar-refractivity contribution in [3.63, 3.8) is 0 Å². The molecule has 1 saturated heterocycles. The topological polar surface area (TPSA) is 27.0 Å². The lowest BCUT2D eigenvalue weighted by Crippen LogP contribution is -2.24. The van der Waals surface area contributed by atoms with E-state index in [2.05, 4.69) is 42.2 Å². The minimum atomic E-state index is 0.0519. The molecule has 1 aromatic rings. The first kappa shape index (κ1) is 13.6. The van der Waals surface area contributed by atoms with Gasteiger partial charge >= 0.3 is 0 Å². The fourth-order valence-corrected chi connectivity index (χ4v) is 3.93. The first-order valence-electron chi connectivity index (χ1n) is 7.95. The number of likely N-dealkylation sites (tertiary alicyclic amines) is 1. The van der Waals surface area contributed by atoms with Crippen LogP contribution in [0.3, 0.4) is 0 Å². The molecule has 0 bridgehead atoms. The molecule has 1 heterocycles. The molecule has 2 aliphatic rings. The zero-order chi connectivity index (χ0) is 13.9. The van der Waals surface area contributed by atoms with E-state index in [1.54, 1.807) is 0 Å². The zero-order valence-electron chi connectivity index (χ0n) is 12.4. The van der Waals surface area contributed by atoms with Crippen molar-refractivity contribution in [1.29, 1.82) is 5.26 Å². The van der Waals surface area contributed by atoms with Crippen molar-refractivity contribution >= 4 is 0 Å². The SMILES string of the molecule is Cc1ccc(C(C#N)CCN2CC3CCCC3C2)cc1. The Morgan fingerprint density at radius 3 is 2.45 bits per heavy atom. The monoisotopic (exact) mass is 268 g/mol. The molecule has 2 heteroatoms. The number of aryl methyl sites for hydroxylation is 1. The predicted octanol–water partition coefficient (Wildman–Crippen LogP) is 3.72. The fourth-order valence-electron chi connectivity index (χ4n) is 3.93. The summed E-state index contributed by atoms with van der Waals surface area (Å²) < 4.78 is 0. The Kier molecular flexibility index (Phi) is 4.08. The number of benzene rings is 1. The number of nitriles is 1. The van der Waals surface area contributed by atoms with Crippen LogP contribution in [0.15, 0.2) is 24.3 Å². The van der Waals surface area contributed by atoms with Gasteiger partial charge in [0.05, 0.1) is 12.0 Å². The normalized spacial score (nSPS) is 27.2. The second kappa shape index (κ2) is 5.97. The van der Waals surface area contributed by atoms with E-state index in [-0.39, 0.29) is 5.92 Å². The van der Waals surface area contributed by atoms with Crippen LogP contribution in [-0.4, -0.2) is 24.5 Å². The summed E-state index contributed by atoms with van der Waals surface area (Å²) in [5.41, 5.74) is 2.44. The van der Waals surface area contributed by atoms with Crippen molar-refractivity contribution in [2.24, 2.45) is 11.8 Å². The molecular weight excluding hydrogens is 244 g/mol. The van der Waals surface area contributed by atoms with E-state index in [0.717, 1.165) is 24.8 Å². The first-order valence-corrected chi connectivity index (χ1v) is 7.95. The van der Waals surface area contributed by atoms with Crippen LogP contribution >= 0.6 is 0 Å². The summed E-state index contributed by atoms with van der Waals surface area (Å²) in [6.45, 7) is 5.72. The summed E-state index contributed by atoms with van der Waals surface area (Å²) in [6.07, 6.45) is 5.27. The van der Waals surface area contributed by atoms with E-state index in [1.165, 1.54) is 43.5 Å². The Morgan fingerprint density at radius 2 is 1.85 bits per heavy atom. The third-order valence-electron chi connectivity index (χ3n) is 5.17. The highest BCUT2D eigenvalue weighted by atomic mass is 15.2. The maximum atomic E-state index is 9.42. The third-order valence-corrected chi connectivity index (χ3v) is 5.17. The van der Waals surface area contributed by atoms with E-state index in [9.17, 15) is 5.26 Å². The van der Waals surface area contributed by atoms with Gasteiger partial charge in [0.1, 0.15) is 0 Å². The second-order valence-corrected chi connectivity index (χ2v) is 6.59. The highest BCUT2D eigenvalue weighted by Crippen LogP contribution is 2.38. The lowest BCUT2D eigenvalue weighted by Gasteiger charge is -2.18. The Labute approximate surface area is 122 Å². The number of hydrogen-bond donors (Lipinski definition) is 0. The number of fused-ring (bicyclic) bond motifs is 1. The van der Waals surface area contributed by atoms with Crippen molar-refractivity contribution in [3.8, 4) is 6.07 Å². The maximum Gasteiger partial charge on any atom is 0.0724 e.